The van der Waals surface area contributed by atoms with Crippen molar-refractivity contribution in [2.75, 3.05) is 17.6 Å². The summed E-state index contributed by atoms with van der Waals surface area (Å²) in [6.07, 6.45) is 6.73. The number of benzene rings is 1. The first kappa shape index (κ1) is 15.8. The van der Waals surface area contributed by atoms with Gasteiger partial charge in [0, 0.05) is 18.7 Å². The smallest absolute Gasteiger partial charge is 0.251 e. The molecule has 1 aliphatic rings. The zero-order chi connectivity index (χ0) is 15.5. The molecule has 116 valence electrons. The van der Waals surface area contributed by atoms with Crippen LogP contribution in [-0.4, -0.2) is 33.7 Å². The molecule has 2 rings (SSSR count). The van der Waals surface area contributed by atoms with Crippen LogP contribution in [0.15, 0.2) is 24.3 Å². The fourth-order valence-electron chi connectivity index (χ4n) is 2.55. The van der Waals surface area contributed by atoms with Crippen LogP contribution in [-0.2, 0) is 10.0 Å². The van der Waals surface area contributed by atoms with E-state index in [1.54, 1.807) is 24.3 Å². The quantitative estimate of drug-likeness (QED) is 0.926. The highest BCUT2D eigenvalue weighted by atomic mass is 32.2. The summed E-state index contributed by atoms with van der Waals surface area (Å²) < 4.78 is 24.3. The number of nitrogens with zero attached hydrogens (tertiary/aromatic N) is 1. The summed E-state index contributed by atoms with van der Waals surface area (Å²) in [7, 11) is -1.84. The molecule has 0 heterocycles. The van der Waals surface area contributed by atoms with Crippen molar-refractivity contribution in [3.8, 4) is 0 Å². The lowest BCUT2D eigenvalue weighted by molar-refractivity contribution is 0.0927. The third-order valence-corrected chi connectivity index (χ3v) is 5.12. The van der Waals surface area contributed by atoms with Crippen LogP contribution in [0.2, 0.25) is 0 Å². The van der Waals surface area contributed by atoms with Crippen LogP contribution < -0.4 is 9.62 Å². The Morgan fingerprint density at radius 2 is 1.90 bits per heavy atom. The van der Waals surface area contributed by atoms with Crippen molar-refractivity contribution < 1.29 is 13.2 Å². The van der Waals surface area contributed by atoms with Crippen molar-refractivity contribution in [1.29, 1.82) is 0 Å². The van der Waals surface area contributed by atoms with Crippen LogP contribution in [0.5, 0.6) is 0 Å². The summed E-state index contributed by atoms with van der Waals surface area (Å²) in [4.78, 5) is 12.3. The molecular formula is C15H22N2O3S. The highest BCUT2D eigenvalue weighted by molar-refractivity contribution is 7.92. The molecule has 1 amide bonds. The Balaban J connectivity index is 2.11. The predicted molar refractivity (Wildman–Crippen MR) is 84.0 cm³/mol. The van der Waals surface area contributed by atoms with Crippen LogP contribution in [0.25, 0.3) is 0 Å². The largest absolute Gasteiger partial charge is 0.349 e. The highest BCUT2D eigenvalue weighted by Gasteiger charge is 2.18. The van der Waals surface area contributed by atoms with Gasteiger partial charge in [-0.2, -0.15) is 0 Å². The normalized spacial score (nSPS) is 16.5. The fourth-order valence-corrected chi connectivity index (χ4v) is 3.05. The van der Waals surface area contributed by atoms with Crippen LogP contribution >= 0.6 is 0 Å². The first-order chi connectivity index (χ1) is 9.88. The number of hydrogen-bond donors (Lipinski definition) is 1. The maximum absolute atomic E-state index is 12.3. The Morgan fingerprint density at radius 3 is 2.52 bits per heavy atom. The zero-order valence-electron chi connectivity index (χ0n) is 12.5. The average Bonchev–Trinajstić information content (AvgIpc) is 2.46. The molecule has 0 atom stereocenters. The average molecular weight is 310 g/mol. The lowest BCUT2D eigenvalue weighted by Crippen LogP contribution is -2.36. The van der Waals surface area contributed by atoms with Crippen LogP contribution in [0.3, 0.4) is 0 Å². The van der Waals surface area contributed by atoms with Gasteiger partial charge in [0.25, 0.3) is 5.91 Å². The van der Waals surface area contributed by atoms with Gasteiger partial charge in [-0.1, -0.05) is 25.3 Å². The molecule has 0 spiro atoms. The van der Waals surface area contributed by atoms with Gasteiger partial charge in [0.1, 0.15) is 0 Å². The van der Waals surface area contributed by atoms with E-state index < -0.39 is 10.0 Å². The topological polar surface area (TPSA) is 66.5 Å². The minimum absolute atomic E-state index is 0.134. The van der Waals surface area contributed by atoms with Crippen molar-refractivity contribution in [3.05, 3.63) is 29.8 Å². The van der Waals surface area contributed by atoms with Crippen molar-refractivity contribution in [3.63, 3.8) is 0 Å². The standard InChI is InChI=1S/C15H22N2O3S/c1-17(21(2,19)20)14-10-6-7-12(11-14)15(18)16-13-8-4-3-5-9-13/h6-7,10-11,13H,3-5,8-9H2,1-2H3,(H,16,18). The number of sulfonamides is 1. The summed E-state index contributed by atoms with van der Waals surface area (Å²) in [5.74, 6) is -0.134. The maximum atomic E-state index is 12.3. The van der Waals surface area contributed by atoms with E-state index in [0.717, 1.165) is 31.9 Å². The van der Waals surface area contributed by atoms with E-state index in [4.69, 9.17) is 0 Å². The third-order valence-electron chi connectivity index (χ3n) is 3.91. The molecule has 0 aromatic heterocycles. The first-order valence-electron chi connectivity index (χ1n) is 7.23. The summed E-state index contributed by atoms with van der Waals surface area (Å²) in [5.41, 5.74) is 0.988. The number of anilines is 1. The van der Waals surface area contributed by atoms with Gasteiger partial charge in [-0.05, 0) is 31.0 Å². The molecule has 6 heteroatoms. The van der Waals surface area contributed by atoms with Gasteiger partial charge in [0.05, 0.1) is 11.9 Å². The van der Waals surface area contributed by atoms with Crippen molar-refractivity contribution in [1.82, 2.24) is 5.32 Å². The summed E-state index contributed by atoms with van der Waals surface area (Å²) in [6.45, 7) is 0. The Bertz CT molecular complexity index is 607. The van der Waals surface area contributed by atoms with Gasteiger partial charge >= 0.3 is 0 Å². The molecule has 0 aliphatic heterocycles. The number of carbonyl (C=O) groups excluding carboxylic acids is 1. The maximum Gasteiger partial charge on any atom is 0.251 e. The van der Waals surface area contributed by atoms with Gasteiger partial charge in [-0.25, -0.2) is 8.42 Å². The van der Waals surface area contributed by atoms with Crippen LogP contribution in [0, 0.1) is 0 Å². The van der Waals surface area contributed by atoms with Crippen molar-refractivity contribution >= 4 is 21.6 Å². The lowest BCUT2D eigenvalue weighted by Gasteiger charge is -2.23. The van der Waals surface area contributed by atoms with E-state index in [1.165, 1.54) is 17.8 Å². The zero-order valence-corrected chi connectivity index (χ0v) is 13.3. The lowest BCUT2D eigenvalue weighted by atomic mass is 9.95. The second-order valence-corrected chi connectivity index (χ2v) is 7.60. The summed E-state index contributed by atoms with van der Waals surface area (Å²) in [6, 6.07) is 6.94. The van der Waals surface area contributed by atoms with Crippen molar-refractivity contribution in [2.45, 2.75) is 38.1 Å². The molecular weight excluding hydrogens is 288 g/mol. The molecule has 1 saturated carbocycles. The Hall–Kier alpha value is -1.56. The number of carbonyl (C=O) groups is 1. The minimum atomic E-state index is -3.32. The van der Waals surface area contributed by atoms with Crippen LogP contribution in [0.4, 0.5) is 5.69 Å². The van der Waals surface area contributed by atoms with E-state index in [-0.39, 0.29) is 11.9 Å². The van der Waals surface area contributed by atoms with E-state index in [0.29, 0.717) is 11.3 Å². The van der Waals surface area contributed by atoms with Gasteiger partial charge in [-0.3, -0.25) is 9.10 Å². The first-order valence-corrected chi connectivity index (χ1v) is 9.07. The number of nitrogens with one attached hydrogen (secondary N) is 1. The molecule has 21 heavy (non-hydrogen) atoms. The van der Waals surface area contributed by atoms with Gasteiger partial charge < -0.3 is 5.32 Å². The molecule has 0 bridgehead atoms. The summed E-state index contributed by atoms with van der Waals surface area (Å²) >= 11 is 0. The number of hydrogen-bond acceptors (Lipinski definition) is 3. The fraction of sp³-hybridized carbons (Fsp3) is 0.533. The number of amides is 1. The minimum Gasteiger partial charge on any atom is -0.349 e. The molecule has 0 unspecified atom stereocenters. The van der Waals surface area contributed by atoms with Gasteiger partial charge in [0.15, 0.2) is 0 Å². The monoisotopic (exact) mass is 310 g/mol. The Labute approximate surface area is 126 Å². The van der Waals surface area contributed by atoms with E-state index in [9.17, 15) is 13.2 Å². The molecule has 1 N–H and O–H groups in total. The molecule has 0 radical (unpaired) electrons. The second kappa shape index (κ2) is 6.47. The van der Waals surface area contributed by atoms with E-state index in [1.807, 2.05) is 0 Å². The molecule has 1 fully saturated rings. The second-order valence-electron chi connectivity index (χ2n) is 5.59. The van der Waals surface area contributed by atoms with E-state index in [2.05, 4.69) is 5.32 Å². The third kappa shape index (κ3) is 4.20. The summed E-state index contributed by atoms with van der Waals surface area (Å²) in [5, 5.41) is 3.03. The molecule has 1 aromatic carbocycles. The molecule has 1 aliphatic carbocycles. The van der Waals surface area contributed by atoms with E-state index >= 15 is 0 Å². The Kier molecular flexibility index (Phi) is 4.88. The van der Waals surface area contributed by atoms with Gasteiger partial charge in [0.2, 0.25) is 10.0 Å². The highest BCUT2D eigenvalue weighted by Crippen LogP contribution is 2.20. The predicted octanol–water partition coefficient (Wildman–Crippen LogP) is 2.14. The molecule has 5 nitrogen and oxygen atoms in total. The van der Waals surface area contributed by atoms with Crippen molar-refractivity contribution in [2.24, 2.45) is 0 Å². The SMILES string of the molecule is CN(c1cccc(C(=O)NC2CCCCC2)c1)S(C)(=O)=O. The molecule has 0 saturated heterocycles. The number of rotatable bonds is 4. The Morgan fingerprint density at radius 1 is 1.24 bits per heavy atom. The molecule has 1 aromatic rings. The van der Waals surface area contributed by atoms with Gasteiger partial charge in [-0.15, -0.1) is 0 Å². The van der Waals surface area contributed by atoms with Crippen LogP contribution in [0.1, 0.15) is 42.5 Å².